The third-order valence-electron chi connectivity index (χ3n) is 3.52. The van der Waals surface area contributed by atoms with Crippen LogP contribution in [0.3, 0.4) is 0 Å². The summed E-state index contributed by atoms with van der Waals surface area (Å²) in [5.74, 6) is -1.49. The van der Waals surface area contributed by atoms with Gasteiger partial charge in [-0.05, 0) is 45.3 Å². The molecule has 0 saturated carbocycles. The molecule has 2 rings (SSSR count). The van der Waals surface area contributed by atoms with Gasteiger partial charge in [-0.2, -0.15) is 13.2 Å². The average Bonchev–Trinajstić information content (AvgIpc) is 2.96. The number of carbonyl (C=O) groups excluding carboxylic acids is 2. The van der Waals surface area contributed by atoms with Gasteiger partial charge in [-0.15, -0.1) is 0 Å². The second-order valence-electron chi connectivity index (χ2n) is 5.93. The minimum absolute atomic E-state index is 0.0824. The summed E-state index contributed by atoms with van der Waals surface area (Å²) in [4.78, 5) is 26.3. The number of hydrogen-bond donors (Lipinski definition) is 1. The Balaban J connectivity index is 2.12. The Bertz CT molecular complexity index is 814. The zero-order chi connectivity index (χ0) is 20.2. The molecule has 1 aromatic carbocycles. The molecule has 1 amide bonds. The summed E-state index contributed by atoms with van der Waals surface area (Å²) in [5.41, 5.74) is -1.15. The van der Waals surface area contributed by atoms with E-state index in [1.165, 1.54) is 6.92 Å². The van der Waals surface area contributed by atoms with Gasteiger partial charge in [0.2, 0.25) is 5.69 Å². The number of benzene rings is 1. The average molecular weight is 385 g/mol. The molecule has 10 heteroatoms. The Morgan fingerprint density at radius 1 is 1.22 bits per heavy atom. The Labute approximate surface area is 153 Å². The number of hydrogen-bond acceptors (Lipinski definition) is 6. The summed E-state index contributed by atoms with van der Waals surface area (Å²) < 4.78 is 47.7. The summed E-state index contributed by atoms with van der Waals surface area (Å²) in [5, 5.41) is 5.96. The lowest BCUT2D eigenvalue weighted by atomic mass is 10.1. The van der Waals surface area contributed by atoms with Gasteiger partial charge in [0.25, 0.3) is 5.91 Å². The topological polar surface area (TPSA) is 84.7 Å². The molecule has 1 aromatic heterocycles. The second kappa shape index (κ2) is 8.21. The summed E-state index contributed by atoms with van der Waals surface area (Å²) in [6.07, 6.45) is -4.48. The number of nitrogens with zero attached hydrogens (tertiary/aromatic N) is 2. The Hall–Kier alpha value is -2.88. The number of nitrogens with one attached hydrogen (secondary N) is 1. The number of esters is 1. The Kier molecular flexibility index (Phi) is 6.21. The molecule has 7 nitrogen and oxygen atoms in total. The van der Waals surface area contributed by atoms with E-state index in [0.717, 1.165) is 24.3 Å². The Morgan fingerprint density at radius 3 is 2.41 bits per heavy atom. The molecule has 1 N–H and O–H groups in total. The highest BCUT2D eigenvalue weighted by Crippen LogP contribution is 2.30. The molecule has 0 radical (unpaired) electrons. The van der Waals surface area contributed by atoms with Gasteiger partial charge >= 0.3 is 12.1 Å². The predicted octanol–water partition coefficient (Wildman–Crippen LogP) is 2.97. The van der Waals surface area contributed by atoms with Gasteiger partial charge in [-0.25, -0.2) is 4.79 Å². The van der Waals surface area contributed by atoms with Gasteiger partial charge in [0, 0.05) is 12.2 Å². The van der Waals surface area contributed by atoms with E-state index in [0.29, 0.717) is 6.54 Å². The zero-order valence-electron chi connectivity index (χ0n) is 14.9. The first-order valence-electron chi connectivity index (χ1n) is 7.86. The molecule has 0 aliphatic carbocycles. The van der Waals surface area contributed by atoms with E-state index in [4.69, 9.17) is 9.26 Å². The zero-order valence-corrected chi connectivity index (χ0v) is 14.9. The van der Waals surface area contributed by atoms with Gasteiger partial charge in [-0.3, -0.25) is 4.79 Å². The van der Waals surface area contributed by atoms with Gasteiger partial charge in [0.15, 0.2) is 0 Å². The highest BCUT2D eigenvalue weighted by atomic mass is 19.4. The number of carbonyl (C=O) groups is 2. The molecule has 0 bridgehead atoms. The SMILES string of the molecule is Cc1onc(C(=O)OCCN(C)C)c1C(=O)Nc1ccc(C(F)(F)F)cc1. The molecular formula is C17H18F3N3O4. The number of amides is 1. The summed E-state index contributed by atoms with van der Waals surface area (Å²) in [6.45, 7) is 2.01. The lowest BCUT2D eigenvalue weighted by Gasteiger charge is -2.10. The molecule has 0 atom stereocenters. The van der Waals surface area contributed by atoms with Crippen molar-refractivity contribution in [2.24, 2.45) is 0 Å². The van der Waals surface area contributed by atoms with E-state index >= 15 is 0 Å². The van der Waals surface area contributed by atoms with Crippen LogP contribution in [0.2, 0.25) is 0 Å². The number of anilines is 1. The van der Waals surface area contributed by atoms with Crippen LogP contribution in [-0.4, -0.2) is 49.2 Å². The number of rotatable bonds is 6. The first-order valence-corrected chi connectivity index (χ1v) is 7.86. The quantitative estimate of drug-likeness (QED) is 0.770. The summed E-state index contributed by atoms with van der Waals surface area (Å²) >= 11 is 0. The lowest BCUT2D eigenvalue weighted by molar-refractivity contribution is -0.137. The fourth-order valence-corrected chi connectivity index (χ4v) is 2.10. The fourth-order valence-electron chi connectivity index (χ4n) is 2.10. The van der Waals surface area contributed by atoms with Crippen molar-refractivity contribution >= 4 is 17.6 Å². The van der Waals surface area contributed by atoms with Gasteiger partial charge in [0.1, 0.15) is 17.9 Å². The van der Waals surface area contributed by atoms with E-state index in [1.807, 2.05) is 0 Å². The molecular weight excluding hydrogens is 367 g/mol. The van der Waals surface area contributed by atoms with Crippen LogP contribution >= 0.6 is 0 Å². The number of likely N-dealkylation sites (N-methyl/N-ethyl adjacent to an activating group) is 1. The maximum absolute atomic E-state index is 12.6. The number of aryl methyl sites for hydroxylation is 1. The van der Waals surface area contributed by atoms with E-state index in [9.17, 15) is 22.8 Å². The minimum atomic E-state index is -4.48. The van der Waals surface area contributed by atoms with Crippen molar-refractivity contribution in [3.05, 3.63) is 46.8 Å². The normalized spacial score (nSPS) is 11.5. The highest BCUT2D eigenvalue weighted by molar-refractivity contribution is 6.10. The molecule has 0 spiro atoms. The van der Waals surface area contributed by atoms with Crippen molar-refractivity contribution in [3.8, 4) is 0 Å². The van der Waals surface area contributed by atoms with Crippen molar-refractivity contribution in [2.75, 3.05) is 32.6 Å². The van der Waals surface area contributed by atoms with E-state index in [2.05, 4.69) is 10.5 Å². The molecule has 0 aliphatic heterocycles. The minimum Gasteiger partial charge on any atom is -0.459 e. The van der Waals surface area contributed by atoms with Crippen LogP contribution in [0, 0.1) is 6.92 Å². The maximum Gasteiger partial charge on any atom is 0.416 e. The van der Waals surface area contributed by atoms with E-state index in [-0.39, 0.29) is 29.3 Å². The van der Waals surface area contributed by atoms with Crippen LogP contribution in [-0.2, 0) is 10.9 Å². The summed E-state index contributed by atoms with van der Waals surface area (Å²) in [6, 6.07) is 3.90. The largest absolute Gasteiger partial charge is 0.459 e. The van der Waals surface area contributed by atoms with Crippen LogP contribution < -0.4 is 5.32 Å². The first-order chi connectivity index (χ1) is 12.6. The van der Waals surface area contributed by atoms with Crippen molar-refractivity contribution in [3.63, 3.8) is 0 Å². The van der Waals surface area contributed by atoms with Crippen LogP contribution in [0.5, 0.6) is 0 Å². The smallest absolute Gasteiger partial charge is 0.416 e. The maximum atomic E-state index is 12.6. The number of alkyl halides is 3. The Morgan fingerprint density at radius 2 is 1.85 bits per heavy atom. The van der Waals surface area contributed by atoms with Crippen molar-refractivity contribution in [1.29, 1.82) is 0 Å². The monoisotopic (exact) mass is 385 g/mol. The van der Waals surface area contributed by atoms with Gasteiger partial charge in [0.05, 0.1) is 5.56 Å². The first kappa shape index (κ1) is 20.4. The molecule has 2 aromatic rings. The van der Waals surface area contributed by atoms with Gasteiger partial charge in [-0.1, -0.05) is 5.16 Å². The molecule has 146 valence electrons. The molecule has 1 heterocycles. The molecule has 0 aliphatic rings. The van der Waals surface area contributed by atoms with Crippen molar-refractivity contribution < 1.29 is 32.0 Å². The third-order valence-corrected chi connectivity index (χ3v) is 3.52. The number of ether oxygens (including phenoxy) is 1. The number of halogens is 3. The van der Waals surface area contributed by atoms with Gasteiger partial charge < -0.3 is 19.5 Å². The molecule has 0 saturated heterocycles. The summed E-state index contributed by atoms with van der Waals surface area (Å²) in [7, 11) is 3.61. The van der Waals surface area contributed by atoms with Crippen LogP contribution in [0.4, 0.5) is 18.9 Å². The predicted molar refractivity (Wildman–Crippen MR) is 89.5 cm³/mol. The van der Waals surface area contributed by atoms with Crippen molar-refractivity contribution in [1.82, 2.24) is 10.1 Å². The molecule has 27 heavy (non-hydrogen) atoms. The standard InChI is InChI=1S/C17H18F3N3O4/c1-10-13(14(22-27-10)16(25)26-9-8-23(2)3)15(24)21-12-6-4-11(5-7-12)17(18,19)20/h4-7H,8-9H2,1-3H3,(H,21,24). The molecule has 0 unspecified atom stereocenters. The van der Waals surface area contributed by atoms with E-state index < -0.39 is 23.6 Å². The lowest BCUT2D eigenvalue weighted by Crippen LogP contribution is -2.22. The highest BCUT2D eigenvalue weighted by Gasteiger charge is 2.30. The van der Waals surface area contributed by atoms with Crippen LogP contribution in [0.1, 0.15) is 32.2 Å². The molecule has 0 fully saturated rings. The van der Waals surface area contributed by atoms with Crippen LogP contribution in [0.15, 0.2) is 28.8 Å². The second-order valence-corrected chi connectivity index (χ2v) is 5.93. The third kappa shape index (κ3) is 5.30. The van der Waals surface area contributed by atoms with E-state index in [1.54, 1.807) is 19.0 Å². The number of aromatic nitrogens is 1. The van der Waals surface area contributed by atoms with Crippen molar-refractivity contribution in [2.45, 2.75) is 13.1 Å². The van der Waals surface area contributed by atoms with Crippen LogP contribution in [0.25, 0.3) is 0 Å². The fraction of sp³-hybridized carbons (Fsp3) is 0.353.